The van der Waals surface area contributed by atoms with Gasteiger partial charge in [-0.25, -0.2) is 4.79 Å². The van der Waals surface area contributed by atoms with Gasteiger partial charge in [0.15, 0.2) is 30.1 Å². The molecule has 0 spiro atoms. The quantitative estimate of drug-likeness (QED) is 0.263. The summed E-state index contributed by atoms with van der Waals surface area (Å²) >= 11 is 0. The minimum Gasteiger partial charge on any atom is -0.453 e. The highest BCUT2D eigenvalue weighted by molar-refractivity contribution is 6.83. The topological polar surface area (TPSA) is 72.5 Å². The molecule has 3 aliphatic rings. The molecule has 5 atom stereocenters. The molecule has 3 aliphatic heterocycles. The predicted octanol–water partition coefficient (Wildman–Crippen LogP) is 3.92. The molecule has 3 saturated heterocycles. The van der Waals surface area contributed by atoms with Gasteiger partial charge in [0.1, 0.15) is 20.3 Å². The molecule has 0 aromatic carbocycles. The molecule has 0 saturated carbocycles. The van der Waals surface area contributed by atoms with E-state index in [1.807, 2.05) is 41.5 Å². The second-order valence-corrected chi connectivity index (χ2v) is 15.6. The minimum atomic E-state index is -1.44. The molecule has 8 heteroatoms. The van der Waals surface area contributed by atoms with E-state index in [4.69, 9.17) is 28.4 Å². The number of ether oxygens (including phenoxy) is 6. The van der Waals surface area contributed by atoms with Crippen LogP contribution in [0.25, 0.3) is 0 Å². The van der Waals surface area contributed by atoms with E-state index >= 15 is 0 Å². The van der Waals surface area contributed by atoms with Gasteiger partial charge in [0.05, 0.1) is 6.61 Å². The zero-order valence-corrected chi connectivity index (χ0v) is 21.9. The SMILES string of the molecule is CC(C)=C(CCC#C[Si](C)(C)C)C(=O)O[C@@H]1[C@H]2OC(C)(C)O[C@H]2O[C@@H]1[C@@H]1COC(C)(C)O1. The average molecular weight is 467 g/mol. The number of carbonyl (C=O) groups is 1. The maximum absolute atomic E-state index is 13.2. The largest absolute Gasteiger partial charge is 0.453 e. The van der Waals surface area contributed by atoms with Gasteiger partial charge in [-0.3, -0.25) is 0 Å². The fourth-order valence-electron chi connectivity index (χ4n) is 4.08. The third-order valence-electron chi connectivity index (χ3n) is 5.48. The van der Waals surface area contributed by atoms with Crippen LogP contribution in [0.2, 0.25) is 19.6 Å². The van der Waals surface area contributed by atoms with Crippen molar-refractivity contribution in [3.63, 3.8) is 0 Å². The van der Waals surface area contributed by atoms with E-state index in [9.17, 15) is 4.79 Å². The van der Waals surface area contributed by atoms with Gasteiger partial charge in [-0.1, -0.05) is 25.2 Å². The normalized spacial score (nSPS) is 32.7. The van der Waals surface area contributed by atoms with Crippen LogP contribution in [0.15, 0.2) is 11.1 Å². The van der Waals surface area contributed by atoms with Gasteiger partial charge in [-0.05, 0) is 48.0 Å². The van der Waals surface area contributed by atoms with Crippen molar-refractivity contribution in [1.82, 2.24) is 0 Å². The van der Waals surface area contributed by atoms with E-state index in [-0.39, 0.29) is 12.1 Å². The van der Waals surface area contributed by atoms with Crippen LogP contribution >= 0.6 is 0 Å². The first kappa shape index (κ1) is 25.4. The molecule has 0 amide bonds. The Balaban J connectivity index is 1.74. The molecule has 32 heavy (non-hydrogen) atoms. The monoisotopic (exact) mass is 466 g/mol. The van der Waals surface area contributed by atoms with Crippen molar-refractivity contribution in [2.75, 3.05) is 6.61 Å². The van der Waals surface area contributed by atoms with Crippen LogP contribution in [-0.4, -0.2) is 62.9 Å². The first-order chi connectivity index (χ1) is 14.7. The van der Waals surface area contributed by atoms with Gasteiger partial charge in [-0.15, -0.1) is 11.5 Å². The van der Waals surface area contributed by atoms with Gasteiger partial charge in [-0.2, -0.15) is 0 Å². The molecule has 3 fully saturated rings. The number of fused-ring (bicyclic) bond motifs is 1. The lowest BCUT2D eigenvalue weighted by Crippen LogP contribution is -2.45. The van der Waals surface area contributed by atoms with Crippen LogP contribution in [0.4, 0.5) is 0 Å². The number of hydrogen-bond acceptors (Lipinski definition) is 7. The highest BCUT2D eigenvalue weighted by Crippen LogP contribution is 2.42. The zero-order chi connectivity index (χ0) is 23.9. The molecule has 0 radical (unpaired) electrons. The van der Waals surface area contributed by atoms with Gasteiger partial charge >= 0.3 is 5.97 Å². The van der Waals surface area contributed by atoms with Gasteiger partial charge in [0, 0.05) is 12.0 Å². The Morgan fingerprint density at radius 2 is 1.72 bits per heavy atom. The summed E-state index contributed by atoms with van der Waals surface area (Å²) in [5, 5.41) is 0. The van der Waals surface area contributed by atoms with Crippen LogP contribution in [0.1, 0.15) is 54.4 Å². The van der Waals surface area contributed by atoms with Crippen molar-refractivity contribution in [1.29, 1.82) is 0 Å². The van der Waals surface area contributed by atoms with Crippen LogP contribution in [0.5, 0.6) is 0 Å². The Morgan fingerprint density at radius 1 is 1.03 bits per heavy atom. The van der Waals surface area contributed by atoms with Crippen molar-refractivity contribution in [2.45, 2.75) is 116 Å². The van der Waals surface area contributed by atoms with Crippen LogP contribution in [0.3, 0.4) is 0 Å². The first-order valence-corrected chi connectivity index (χ1v) is 14.9. The number of hydrogen-bond donors (Lipinski definition) is 0. The second kappa shape index (κ2) is 9.20. The summed E-state index contributed by atoms with van der Waals surface area (Å²) in [6.07, 6.45) is -1.59. The number of carbonyl (C=O) groups excluding carboxylic acids is 1. The smallest absolute Gasteiger partial charge is 0.334 e. The van der Waals surface area contributed by atoms with Gasteiger partial charge in [0.25, 0.3) is 0 Å². The summed E-state index contributed by atoms with van der Waals surface area (Å²) in [6.45, 7) is 18.1. The molecule has 3 rings (SSSR count). The average Bonchev–Trinajstić information content (AvgIpc) is 3.23. The number of rotatable bonds is 5. The fourth-order valence-corrected chi connectivity index (χ4v) is 4.74. The van der Waals surface area contributed by atoms with E-state index in [2.05, 4.69) is 31.1 Å². The highest BCUT2D eigenvalue weighted by atomic mass is 28.3. The van der Waals surface area contributed by atoms with Crippen LogP contribution < -0.4 is 0 Å². The summed E-state index contributed by atoms with van der Waals surface area (Å²) in [5.74, 6) is 1.33. The van der Waals surface area contributed by atoms with Crippen LogP contribution in [-0.2, 0) is 33.2 Å². The first-order valence-electron chi connectivity index (χ1n) is 11.4. The standard InChI is InChI=1S/C24H38O7Si/c1-15(2)16(12-10-11-13-32(7,8)9)21(25)27-19-18(17-14-26-23(3,4)29-17)28-22-20(19)30-24(5,6)31-22/h17-20,22H,10,12,14H2,1-9H3/t17-,18+,19-,20+,22+/m0/s1. The molecule has 0 unspecified atom stereocenters. The van der Waals surface area contributed by atoms with Crippen molar-refractivity contribution >= 4 is 14.0 Å². The van der Waals surface area contributed by atoms with E-state index in [1.165, 1.54) is 0 Å². The van der Waals surface area contributed by atoms with Crippen molar-refractivity contribution in [3.8, 4) is 11.5 Å². The van der Waals surface area contributed by atoms with E-state index in [0.29, 0.717) is 25.0 Å². The Bertz CT molecular complexity index is 810. The lowest BCUT2D eigenvalue weighted by Gasteiger charge is -2.29. The molecular formula is C24H38O7Si. The molecule has 3 heterocycles. The molecule has 7 nitrogen and oxygen atoms in total. The molecule has 0 bridgehead atoms. The summed E-state index contributed by atoms with van der Waals surface area (Å²) < 4.78 is 35.8. The Morgan fingerprint density at radius 3 is 2.28 bits per heavy atom. The third-order valence-corrected chi connectivity index (χ3v) is 6.41. The molecule has 0 N–H and O–H groups in total. The summed E-state index contributed by atoms with van der Waals surface area (Å²) in [7, 11) is -1.44. The second-order valence-electron chi connectivity index (χ2n) is 10.8. The van der Waals surface area contributed by atoms with Crippen molar-refractivity contribution < 1.29 is 33.2 Å². The predicted molar refractivity (Wildman–Crippen MR) is 122 cm³/mol. The molecule has 180 valence electrons. The highest BCUT2D eigenvalue weighted by Gasteiger charge is 2.60. The lowest BCUT2D eigenvalue weighted by molar-refractivity contribution is -0.235. The molecule has 0 aromatic heterocycles. The lowest BCUT2D eigenvalue weighted by atomic mass is 10.0. The Hall–Kier alpha value is -1.21. The maximum atomic E-state index is 13.2. The molecule has 0 aromatic rings. The maximum Gasteiger partial charge on any atom is 0.334 e. The summed E-state index contributed by atoms with van der Waals surface area (Å²) in [6, 6.07) is 0. The summed E-state index contributed by atoms with van der Waals surface area (Å²) in [4.78, 5) is 13.2. The molecule has 0 aliphatic carbocycles. The van der Waals surface area contributed by atoms with Gasteiger partial charge in [0.2, 0.25) is 0 Å². The minimum absolute atomic E-state index is 0.344. The molecular weight excluding hydrogens is 428 g/mol. The van der Waals surface area contributed by atoms with E-state index < -0.39 is 44.3 Å². The van der Waals surface area contributed by atoms with Crippen LogP contribution in [0, 0.1) is 11.5 Å². The number of esters is 1. The Kier molecular flexibility index (Phi) is 7.31. The van der Waals surface area contributed by atoms with Gasteiger partial charge < -0.3 is 28.4 Å². The van der Waals surface area contributed by atoms with Crippen molar-refractivity contribution in [3.05, 3.63) is 11.1 Å². The zero-order valence-electron chi connectivity index (χ0n) is 20.9. The summed E-state index contributed by atoms with van der Waals surface area (Å²) in [5.41, 5.74) is 4.90. The van der Waals surface area contributed by atoms with E-state index in [1.54, 1.807) is 0 Å². The third kappa shape index (κ3) is 6.22. The van der Waals surface area contributed by atoms with E-state index in [0.717, 1.165) is 5.57 Å². The van der Waals surface area contributed by atoms with Crippen molar-refractivity contribution in [2.24, 2.45) is 0 Å². The number of allylic oxidation sites excluding steroid dienone is 1. The Labute approximate surface area is 193 Å². The fraction of sp³-hybridized carbons (Fsp3) is 0.792.